The Bertz CT molecular complexity index is 120. The van der Waals surface area contributed by atoms with Crippen LogP contribution in [0.5, 0.6) is 0 Å². The molecule has 103 valence electrons. The molecule has 9 heteroatoms. The summed E-state index contributed by atoms with van der Waals surface area (Å²) in [4.78, 5) is 49.5. The van der Waals surface area contributed by atoms with Crippen molar-refractivity contribution in [2.45, 2.75) is 13.8 Å². The van der Waals surface area contributed by atoms with Gasteiger partial charge in [0.1, 0.15) is 0 Å². The fourth-order valence-electron chi connectivity index (χ4n) is 0. The third-order valence-corrected chi connectivity index (χ3v) is 0. The van der Waals surface area contributed by atoms with Gasteiger partial charge in [-0.1, -0.05) is 0 Å². The first-order valence-electron chi connectivity index (χ1n) is 2.76. The molecule has 0 fully saturated rings. The van der Waals surface area contributed by atoms with Crippen LogP contribution < -0.4 is 0 Å². The van der Waals surface area contributed by atoms with Crippen molar-refractivity contribution in [3.05, 3.63) is 0 Å². The van der Waals surface area contributed by atoms with E-state index < -0.39 is 0 Å². The molecule has 0 saturated carbocycles. The van der Waals surface area contributed by atoms with Gasteiger partial charge in [0.05, 0.1) is 0 Å². The molecule has 0 aliphatic rings. The van der Waals surface area contributed by atoms with Crippen molar-refractivity contribution < 1.29 is 45.8 Å². The van der Waals surface area contributed by atoms with E-state index in [4.69, 9.17) is 19.2 Å². The van der Waals surface area contributed by atoms with Crippen LogP contribution in [0.25, 0.3) is 0 Å². The zero-order valence-corrected chi connectivity index (χ0v) is 11.8. The predicted octanol–water partition coefficient (Wildman–Crippen LogP) is -0.939. The van der Waals surface area contributed by atoms with Crippen molar-refractivity contribution in [2.75, 3.05) is 0 Å². The molecule has 0 bridgehead atoms. The van der Waals surface area contributed by atoms with Gasteiger partial charge in [0.15, 0.2) is 0 Å². The molecule has 0 rings (SSSR count). The fraction of sp³-hybridized carbons (Fsp3) is 0.250. The van der Waals surface area contributed by atoms with E-state index in [-0.39, 0.29) is 27.3 Å². The quantitative estimate of drug-likeness (QED) is 0.244. The Morgan fingerprint density at radius 1 is 0.647 bits per heavy atom. The van der Waals surface area contributed by atoms with E-state index in [0.29, 0.717) is 0 Å². The van der Waals surface area contributed by atoms with E-state index in [2.05, 4.69) is 52.4 Å². The maximum atomic E-state index is 9.26. The van der Waals surface area contributed by atoms with E-state index in [1.807, 2.05) is 0 Å². The molecule has 17 heavy (non-hydrogen) atoms. The van der Waals surface area contributed by atoms with E-state index >= 15 is 0 Å². The van der Waals surface area contributed by atoms with Crippen molar-refractivity contribution in [1.82, 2.24) is 0 Å². The van der Waals surface area contributed by atoms with Crippen molar-refractivity contribution in [3.63, 3.8) is 0 Å². The molecule has 0 N–H and O–H groups in total. The van der Waals surface area contributed by atoms with Crippen LogP contribution >= 0.6 is 0 Å². The van der Waals surface area contributed by atoms with E-state index in [9.17, 15) is 9.59 Å². The molecule has 0 saturated heterocycles. The predicted molar refractivity (Wildman–Crippen MR) is 63.1 cm³/mol. The summed E-state index contributed by atoms with van der Waals surface area (Å²) in [6, 6.07) is 0. The summed E-state index contributed by atoms with van der Waals surface area (Å²) in [5.41, 5.74) is 0. The van der Waals surface area contributed by atoms with Crippen molar-refractivity contribution >= 4 is 62.6 Å². The Labute approximate surface area is 122 Å². The minimum atomic E-state index is -0.250. The molecule has 0 aliphatic carbocycles. The van der Waals surface area contributed by atoms with Gasteiger partial charge in [-0.05, 0) is 13.8 Å². The average molecular weight is 321 g/mol. The molecule has 0 atom stereocenters. The van der Waals surface area contributed by atoms with Gasteiger partial charge in [0.25, 0.3) is 0 Å². The van der Waals surface area contributed by atoms with Crippen LogP contribution in [-0.4, -0.2) is 37.4 Å². The molecule has 0 spiro atoms. The van der Waals surface area contributed by atoms with Crippen LogP contribution in [0.1, 0.15) is 13.8 Å². The number of rotatable bonds is 0. The Morgan fingerprint density at radius 2 is 0.647 bits per heavy atom. The molecule has 0 aromatic rings. The third kappa shape index (κ3) is 2420. The summed E-state index contributed by atoms with van der Waals surface area (Å²) in [6.45, 7) is 15.7. The second kappa shape index (κ2) is 118. The number of hydrogen-bond acceptors (Lipinski definition) is 8. The molecule has 0 heterocycles. The fourth-order valence-corrected chi connectivity index (χ4v) is 0. The Kier molecular flexibility index (Phi) is 309. The molecule has 0 aromatic carbocycles. The second-order valence-electron chi connectivity index (χ2n) is 0.983. The topological polar surface area (TPSA) is 102 Å². The van der Waals surface area contributed by atoms with Gasteiger partial charge in [0, 0.05) is 27.3 Å². The Balaban J connectivity index is -0.0000000146. The summed E-state index contributed by atoms with van der Waals surface area (Å²) in [7, 11) is 0. The smallest absolute Gasteiger partial charge is 0.00878 e. The number of carbonyl (C=O) groups is 2. The summed E-state index contributed by atoms with van der Waals surface area (Å²) in [5.74, 6) is 0. The van der Waals surface area contributed by atoms with Gasteiger partial charge in [-0.3, -0.25) is 27.2 Å². The molecule has 0 aliphatic heterocycles. The largest absolute Gasteiger partial charge is 0.742 e. The van der Waals surface area contributed by atoms with Crippen molar-refractivity contribution in [2.24, 2.45) is 0 Å². The van der Waals surface area contributed by atoms with Gasteiger partial charge in [-0.2, -0.15) is 0 Å². The van der Waals surface area contributed by atoms with Crippen molar-refractivity contribution in [3.8, 4) is 0 Å². The van der Waals surface area contributed by atoms with Gasteiger partial charge in [-0.25, -0.2) is 0 Å². The van der Waals surface area contributed by atoms with Gasteiger partial charge >= 0.3 is 0 Å². The second-order valence-corrected chi connectivity index (χ2v) is 2.13. The molecule has 0 unspecified atom stereocenters. The maximum Gasteiger partial charge on any atom is 0.00878 e. The van der Waals surface area contributed by atoms with Gasteiger partial charge in [0.2, 0.25) is 0 Å². The standard InChI is InChI=1S/2C2H4OS.4CHO.Mn/c2*1-2(3)4;4*1-2;/h2*1H3,(H,3,4);4*1H;/q;;4*-1;/p-2. The number of carbonyl (C=O) groups excluding carboxylic acids is 6. The summed E-state index contributed by atoms with van der Waals surface area (Å²) in [6.07, 6.45) is 0. The first-order valence-corrected chi connectivity index (χ1v) is 3.58. The summed E-state index contributed by atoms with van der Waals surface area (Å²) < 4.78 is 0. The normalized spacial score (nSPS) is 3.88. The van der Waals surface area contributed by atoms with Crippen LogP contribution in [0, 0.1) is 0 Å². The zero-order chi connectivity index (χ0) is 15.2. The Morgan fingerprint density at radius 3 is 0.647 bits per heavy atom. The molecule has 0 aromatic heterocycles. The SMILES string of the molecule is CC(=O)[S-].CC(=O)[S-].[CH-]=O.[CH-]=O.[CH-]=O.[CH-]=O.[Mn]. The Hall–Kier alpha value is -1.02. The van der Waals surface area contributed by atoms with Crippen molar-refractivity contribution in [1.29, 1.82) is 0 Å². The molecule has 6 nitrogen and oxygen atoms in total. The molecular weight excluding hydrogens is 311 g/mol. The third-order valence-electron chi connectivity index (χ3n) is 0. The summed E-state index contributed by atoms with van der Waals surface area (Å²) in [5, 5.41) is -0.500. The first kappa shape index (κ1) is 44.5. The van der Waals surface area contributed by atoms with Gasteiger partial charge in [-0.15, -0.1) is 0 Å². The van der Waals surface area contributed by atoms with Crippen LogP contribution in [0.2, 0.25) is 0 Å². The monoisotopic (exact) mass is 321 g/mol. The van der Waals surface area contributed by atoms with Crippen LogP contribution in [0.4, 0.5) is 0 Å². The van der Waals surface area contributed by atoms with Crippen LogP contribution in [0.3, 0.4) is 0 Å². The minimum absolute atomic E-state index is 0. The van der Waals surface area contributed by atoms with E-state index in [1.54, 1.807) is 0 Å². The van der Waals surface area contributed by atoms with E-state index in [1.165, 1.54) is 13.8 Å². The van der Waals surface area contributed by atoms with Crippen LogP contribution in [0.15, 0.2) is 0 Å². The summed E-state index contributed by atoms with van der Waals surface area (Å²) >= 11 is 7.96. The molecule has 1 radical (unpaired) electrons. The maximum absolute atomic E-state index is 9.26. The average Bonchev–Trinajstić information content (AvgIpc) is 2.27. The molecular formula is C8H10MnO6S2-6. The molecule has 0 amide bonds. The van der Waals surface area contributed by atoms with E-state index in [0.717, 1.165) is 0 Å². The van der Waals surface area contributed by atoms with Crippen LogP contribution in [-0.2, 0) is 71.1 Å². The zero-order valence-electron chi connectivity index (χ0n) is 8.95. The number of hydrogen-bond donors (Lipinski definition) is 0. The van der Waals surface area contributed by atoms with Gasteiger partial charge < -0.3 is 54.0 Å². The minimum Gasteiger partial charge on any atom is -0.742 e. The first-order chi connectivity index (χ1) is 7.46.